The van der Waals surface area contributed by atoms with E-state index in [2.05, 4.69) is 30.4 Å². The van der Waals surface area contributed by atoms with Crippen molar-refractivity contribution in [1.29, 1.82) is 0 Å². The Morgan fingerprint density at radius 1 is 0.833 bits per heavy atom. The Labute approximate surface area is 178 Å². The quantitative estimate of drug-likeness (QED) is 0.455. The third-order valence-electron chi connectivity index (χ3n) is 5.51. The van der Waals surface area contributed by atoms with E-state index in [1.165, 1.54) is 5.56 Å². The Bertz CT molecular complexity index is 1060. The number of aryl methyl sites for hydroxylation is 2. The van der Waals surface area contributed by atoms with Gasteiger partial charge >= 0.3 is 0 Å². The van der Waals surface area contributed by atoms with Crippen molar-refractivity contribution in [3.05, 3.63) is 88.0 Å². The summed E-state index contributed by atoms with van der Waals surface area (Å²) in [5.41, 5.74) is 8.82. The van der Waals surface area contributed by atoms with Crippen LogP contribution in [0.5, 0.6) is 0 Å². The fourth-order valence-electron chi connectivity index (χ4n) is 3.66. The van der Waals surface area contributed by atoms with Crippen molar-refractivity contribution < 1.29 is 15.0 Å². The molecule has 3 aromatic carbocycles. The van der Waals surface area contributed by atoms with Gasteiger partial charge in [-0.1, -0.05) is 43.3 Å². The highest BCUT2D eigenvalue weighted by Crippen LogP contribution is 2.30. The first-order valence-electron chi connectivity index (χ1n) is 10.3. The summed E-state index contributed by atoms with van der Waals surface area (Å²) in [5, 5.41) is 22.3. The van der Waals surface area contributed by atoms with Crippen LogP contribution in [-0.4, -0.2) is 16.0 Å². The number of aliphatic hydroxyl groups is 2. The zero-order chi connectivity index (χ0) is 21.7. The Morgan fingerprint density at radius 2 is 1.60 bits per heavy atom. The number of nitrogens with one attached hydrogen (secondary N) is 1. The summed E-state index contributed by atoms with van der Waals surface area (Å²) in [6, 6.07) is 17.9. The number of rotatable bonds is 8. The van der Waals surface area contributed by atoms with E-state index in [1.54, 1.807) is 0 Å². The third-order valence-corrected chi connectivity index (χ3v) is 5.51. The van der Waals surface area contributed by atoms with Crippen molar-refractivity contribution in [3.63, 3.8) is 0 Å². The van der Waals surface area contributed by atoms with Crippen molar-refractivity contribution in [2.24, 2.45) is 0 Å². The lowest BCUT2D eigenvalue weighted by molar-refractivity contribution is 0.0988. The minimum atomic E-state index is -0.0891. The third kappa shape index (κ3) is 4.78. The van der Waals surface area contributed by atoms with Gasteiger partial charge in [-0.25, -0.2) is 0 Å². The van der Waals surface area contributed by atoms with E-state index in [4.69, 9.17) is 0 Å². The van der Waals surface area contributed by atoms with Crippen LogP contribution in [0.3, 0.4) is 0 Å². The summed E-state index contributed by atoms with van der Waals surface area (Å²) in [6.45, 7) is 6.46. The zero-order valence-corrected chi connectivity index (χ0v) is 17.8. The van der Waals surface area contributed by atoms with Gasteiger partial charge < -0.3 is 15.5 Å². The Balaban J connectivity index is 1.83. The highest BCUT2D eigenvalue weighted by Gasteiger charge is 2.10. The van der Waals surface area contributed by atoms with Gasteiger partial charge in [0.2, 0.25) is 0 Å². The number of ketones is 1. The number of aliphatic hydroxyl groups excluding tert-OH is 2. The Morgan fingerprint density at radius 3 is 2.27 bits per heavy atom. The molecule has 0 fully saturated rings. The first kappa shape index (κ1) is 21.8. The Hall–Kier alpha value is -2.95. The molecule has 0 radical (unpaired) electrons. The van der Waals surface area contributed by atoms with Crippen LogP contribution in [0.15, 0.2) is 54.6 Å². The molecule has 0 aliphatic heterocycles. The first-order chi connectivity index (χ1) is 14.5. The maximum Gasteiger partial charge on any atom is 0.162 e. The average molecular weight is 404 g/mol. The number of Topliss-reactive ketones (excluding diaryl/α,β-unsaturated/α-hetero) is 1. The second kappa shape index (κ2) is 9.70. The monoisotopic (exact) mass is 403 g/mol. The van der Waals surface area contributed by atoms with Crippen molar-refractivity contribution in [2.75, 3.05) is 5.32 Å². The summed E-state index contributed by atoms with van der Waals surface area (Å²) in [7, 11) is 0. The molecule has 4 heteroatoms. The van der Waals surface area contributed by atoms with Crippen LogP contribution in [0.4, 0.5) is 5.69 Å². The van der Waals surface area contributed by atoms with Crippen LogP contribution in [0.25, 0.3) is 11.1 Å². The molecule has 0 atom stereocenters. The molecule has 0 saturated heterocycles. The van der Waals surface area contributed by atoms with Gasteiger partial charge in [-0.15, -0.1) is 0 Å². The molecule has 3 aromatic rings. The summed E-state index contributed by atoms with van der Waals surface area (Å²) in [4.78, 5) is 12.0. The molecular weight excluding hydrogens is 374 g/mol. The second-order valence-corrected chi connectivity index (χ2v) is 7.61. The molecule has 0 spiro atoms. The number of anilines is 1. The van der Waals surface area contributed by atoms with Crippen LogP contribution < -0.4 is 5.32 Å². The molecule has 0 unspecified atom stereocenters. The molecule has 3 rings (SSSR count). The summed E-state index contributed by atoms with van der Waals surface area (Å²) >= 11 is 0. The van der Waals surface area contributed by atoms with Gasteiger partial charge in [0.15, 0.2) is 5.78 Å². The predicted octanol–water partition coefficient (Wildman–Crippen LogP) is 5.16. The van der Waals surface area contributed by atoms with Crippen LogP contribution in [0.2, 0.25) is 0 Å². The van der Waals surface area contributed by atoms with Gasteiger partial charge in [-0.2, -0.15) is 0 Å². The van der Waals surface area contributed by atoms with Gasteiger partial charge in [0.05, 0.1) is 13.2 Å². The highest BCUT2D eigenvalue weighted by molar-refractivity contribution is 5.96. The molecule has 3 N–H and O–H groups in total. The van der Waals surface area contributed by atoms with Crippen LogP contribution >= 0.6 is 0 Å². The van der Waals surface area contributed by atoms with E-state index in [0.29, 0.717) is 13.0 Å². The molecule has 0 aromatic heterocycles. The van der Waals surface area contributed by atoms with E-state index in [1.807, 2.05) is 50.2 Å². The molecule has 156 valence electrons. The zero-order valence-electron chi connectivity index (χ0n) is 17.8. The summed E-state index contributed by atoms with van der Waals surface area (Å²) in [6.07, 6.45) is 0.508. The van der Waals surface area contributed by atoms with Gasteiger partial charge in [-0.3, -0.25) is 4.79 Å². The predicted molar refractivity (Wildman–Crippen MR) is 122 cm³/mol. The summed E-state index contributed by atoms with van der Waals surface area (Å²) in [5.74, 6) is 0.159. The number of benzene rings is 3. The topological polar surface area (TPSA) is 69.6 Å². The fraction of sp³-hybridized carbons (Fsp3) is 0.269. The standard InChI is InChI=1S/C26H29NO3/c1-4-26(30)20-8-10-24(18(3)11-20)25-13-23(9-5-17(25)2)27-14-19-6-7-21(15-28)22(12-19)16-29/h5-13,27-29H,4,14-16H2,1-3H3. The molecule has 0 amide bonds. The molecular formula is C26H29NO3. The molecule has 0 saturated carbocycles. The van der Waals surface area contributed by atoms with Gasteiger partial charge in [0.25, 0.3) is 0 Å². The molecule has 0 aliphatic rings. The maximum absolute atomic E-state index is 12.0. The number of hydrogen-bond donors (Lipinski definition) is 3. The molecule has 30 heavy (non-hydrogen) atoms. The van der Waals surface area contributed by atoms with Crippen LogP contribution in [-0.2, 0) is 19.8 Å². The van der Waals surface area contributed by atoms with Crippen molar-refractivity contribution in [3.8, 4) is 11.1 Å². The first-order valence-corrected chi connectivity index (χ1v) is 10.3. The maximum atomic E-state index is 12.0. The van der Waals surface area contributed by atoms with E-state index >= 15 is 0 Å². The van der Waals surface area contributed by atoms with Gasteiger partial charge in [-0.05, 0) is 71.0 Å². The average Bonchev–Trinajstić information content (AvgIpc) is 2.77. The van der Waals surface area contributed by atoms with Gasteiger partial charge in [0.1, 0.15) is 0 Å². The normalized spacial score (nSPS) is 10.8. The molecule has 0 heterocycles. The number of carbonyl (C=O) groups is 1. The molecule has 0 aliphatic carbocycles. The SMILES string of the molecule is CCC(=O)c1ccc(-c2cc(NCc3ccc(CO)c(CO)c3)ccc2C)c(C)c1. The minimum absolute atomic E-state index is 0.0765. The summed E-state index contributed by atoms with van der Waals surface area (Å²) < 4.78 is 0. The number of hydrogen-bond acceptors (Lipinski definition) is 4. The van der Waals surface area contributed by atoms with E-state index in [9.17, 15) is 15.0 Å². The molecule has 4 nitrogen and oxygen atoms in total. The largest absolute Gasteiger partial charge is 0.392 e. The lowest BCUT2D eigenvalue weighted by Gasteiger charge is -2.15. The van der Waals surface area contributed by atoms with E-state index in [-0.39, 0.29) is 19.0 Å². The minimum Gasteiger partial charge on any atom is -0.392 e. The van der Waals surface area contributed by atoms with E-state index < -0.39 is 0 Å². The van der Waals surface area contributed by atoms with Crippen LogP contribution in [0.1, 0.15) is 51.5 Å². The lowest BCUT2D eigenvalue weighted by atomic mass is 9.93. The van der Waals surface area contributed by atoms with Crippen molar-refractivity contribution in [2.45, 2.75) is 47.0 Å². The van der Waals surface area contributed by atoms with E-state index in [0.717, 1.165) is 44.6 Å². The smallest absolute Gasteiger partial charge is 0.162 e. The highest BCUT2D eigenvalue weighted by atomic mass is 16.3. The molecule has 0 bridgehead atoms. The van der Waals surface area contributed by atoms with Crippen molar-refractivity contribution in [1.82, 2.24) is 0 Å². The Kier molecular flexibility index (Phi) is 7.03. The van der Waals surface area contributed by atoms with Crippen molar-refractivity contribution >= 4 is 11.5 Å². The van der Waals surface area contributed by atoms with Gasteiger partial charge in [0, 0.05) is 24.2 Å². The number of carbonyl (C=O) groups excluding carboxylic acids is 1. The van der Waals surface area contributed by atoms with Crippen LogP contribution in [0, 0.1) is 13.8 Å². The fourth-order valence-corrected chi connectivity index (χ4v) is 3.66. The second-order valence-electron chi connectivity index (χ2n) is 7.61. The lowest BCUT2D eigenvalue weighted by Crippen LogP contribution is -2.03.